The van der Waals surface area contributed by atoms with Gasteiger partial charge in [0.05, 0.1) is 11.4 Å². The molecule has 43 heavy (non-hydrogen) atoms. The van der Waals surface area contributed by atoms with E-state index in [2.05, 4.69) is 15.5 Å². The lowest BCUT2D eigenvalue weighted by atomic mass is 9.81. The fourth-order valence-electron chi connectivity index (χ4n) is 5.80. The Kier molecular flexibility index (Phi) is 15.6. The summed E-state index contributed by atoms with van der Waals surface area (Å²) in [5.74, 6) is -0.0634. The van der Waals surface area contributed by atoms with Gasteiger partial charge in [-0.25, -0.2) is 4.79 Å². The molecule has 1 heterocycles. The first-order chi connectivity index (χ1) is 20.7. The fourth-order valence-corrected chi connectivity index (χ4v) is 5.80. The summed E-state index contributed by atoms with van der Waals surface area (Å²) in [4.78, 5) is 28.5. The number of carbonyl (C=O) groups excluding carboxylic acids is 2. The number of ether oxygens (including phenoxy) is 2. The van der Waals surface area contributed by atoms with Crippen molar-refractivity contribution >= 4 is 23.4 Å². The Labute approximate surface area is 261 Å². The van der Waals surface area contributed by atoms with Crippen LogP contribution in [-0.2, 0) is 20.9 Å². The number of hydrogen-bond donors (Lipinski definition) is 2. The summed E-state index contributed by atoms with van der Waals surface area (Å²) in [6, 6.07) is 17.9. The van der Waals surface area contributed by atoms with Crippen molar-refractivity contribution in [1.29, 1.82) is 0 Å². The second-order valence-corrected chi connectivity index (χ2v) is 11.9. The Hall–Kier alpha value is -3.06. The molecule has 0 atom stereocenters. The lowest BCUT2D eigenvalue weighted by molar-refractivity contribution is -0.163. The SMILES string of the molecule is CC.CC.CC(C)(C)OC(=O)Nc1ccccc1NC1CCN(C2(C(=O)OCc3ccccc3)CCCCCCC2)CC1. The normalized spacial score (nSPS) is 17.4. The van der Waals surface area contributed by atoms with Crippen LogP contribution in [0.1, 0.15) is 112 Å². The number of piperidine rings is 1. The smallest absolute Gasteiger partial charge is 0.412 e. The summed E-state index contributed by atoms with van der Waals surface area (Å²) in [5.41, 5.74) is 1.50. The number of para-hydroxylation sites is 2. The number of amides is 1. The molecule has 7 nitrogen and oxygen atoms in total. The maximum atomic E-state index is 13.7. The van der Waals surface area contributed by atoms with Crippen LogP contribution in [0.4, 0.5) is 16.2 Å². The van der Waals surface area contributed by atoms with Gasteiger partial charge in [0.25, 0.3) is 0 Å². The number of nitrogens with one attached hydrogen (secondary N) is 2. The fraction of sp³-hybridized carbons (Fsp3) is 0.611. The van der Waals surface area contributed by atoms with E-state index < -0.39 is 17.2 Å². The quantitative estimate of drug-likeness (QED) is 0.311. The molecule has 240 valence electrons. The Morgan fingerprint density at radius 1 is 0.814 bits per heavy atom. The molecule has 0 aromatic heterocycles. The van der Waals surface area contributed by atoms with Crippen LogP contribution in [0.3, 0.4) is 0 Å². The van der Waals surface area contributed by atoms with Crippen molar-refractivity contribution < 1.29 is 19.1 Å². The molecule has 2 aromatic carbocycles. The number of nitrogens with zero attached hydrogens (tertiary/aromatic N) is 1. The van der Waals surface area contributed by atoms with Gasteiger partial charge in [0.2, 0.25) is 0 Å². The van der Waals surface area contributed by atoms with Crippen molar-refractivity contribution in [3.8, 4) is 0 Å². The van der Waals surface area contributed by atoms with Crippen molar-refractivity contribution in [1.82, 2.24) is 4.90 Å². The van der Waals surface area contributed by atoms with E-state index in [1.807, 2.05) is 103 Å². The summed E-state index contributed by atoms with van der Waals surface area (Å²) in [5, 5.41) is 6.52. The van der Waals surface area contributed by atoms with Crippen LogP contribution in [0.15, 0.2) is 54.6 Å². The zero-order valence-electron chi connectivity index (χ0n) is 27.8. The van der Waals surface area contributed by atoms with Gasteiger partial charge in [-0.3, -0.25) is 15.0 Å². The molecule has 0 radical (unpaired) electrons. The van der Waals surface area contributed by atoms with Crippen molar-refractivity contribution in [2.24, 2.45) is 0 Å². The average molecular weight is 596 g/mol. The predicted molar refractivity (Wildman–Crippen MR) is 179 cm³/mol. The summed E-state index contributed by atoms with van der Waals surface area (Å²) >= 11 is 0. The minimum atomic E-state index is -0.561. The van der Waals surface area contributed by atoms with Crippen molar-refractivity contribution in [2.45, 2.75) is 130 Å². The third-order valence-electron chi connectivity index (χ3n) is 7.80. The first-order valence-corrected chi connectivity index (χ1v) is 16.6. The monoisotopic (exact) mass is 595 g/mol. The highest BCUT2D eigenvalue weighted by Gasteiger charge is 2.46. The Bertz CT molecular complexity index is 1070. The Morgan fingerprint density at radius 3 is 1.93 bits per heavy atom. The van der Waals surface area contributed by atoms with Gasteiger partial charge in [0.15, 0.2) is 0 Å². The molecule has 1 amide bonds. The summed E-state index contributed by atoms with van der Waals surface area (Å²) in [6.45, 7) is 15.5. The van der Waals surface area contributed by atoms with E-state index in [9.17, 15) is 9.59 Å². The van der Waals surface area contributed by atoms with Crippen LogP contribution in [0, 0.1) is 0 Å². The van der Waals surface area contributed by atoms with Gasteiger partial charge < -0.3 is 14.8 Å². The number of carbonyl (C=O) groups is 2. The maximum absolute atomic E-state index is 13.7. The highest BCUT2D eigenvalue weighted by Crippen LogP contribution is 2.36. The molecule has 2 N–H and O–H groups in total. The second kappa shape index (κ2) is 18.6. The second-order valence-electron chi connectivity index (χ2n) is 11.9. The zero-order valence-corrected chi connectivity index (χ0v) is 27.8. The molecule has 2 aromatic rings. The molecule has 0 unspecified atom stereocenters. The van der Waals surface area contributed by atoms with Gasteiger partial charge in [0.1, 0.15) is 17.7 Å². The van der Waals surface area contributed by atoms with Crippen LogP contribution in [0.2, 0.25) is 0 Å². The predicted octanol–water partition coefficient (Wildman–Crippen LogP) is 9.19. The standard InChI is InChI=1S/C32H45N3O4.2C2H6/c1-31(2,3)39-30(37)34-28-17-11-10-16-27(28)33-26-18-22-35(23-19-26)32(20-12-5-4-6-13-21-32)29(36)38-24-25-14-8-7-9-15-25;2*1-2/h7-11,14-17,26,33H,4-6,12-13,18-24H2,1-3H3,(H,34,37);2*1-2H3. The largest absolute Gasteiger partial charge is 0.459 e. The first kappa shape index (κ1) is 36.1. The third-order valence-corrected chi connectivity index (χ3v) is 7.80. The molecule has 2 fully saturated rings. The third kappa shape index (κ3) is 11.5. The van der Waals surface area contributed by atoms with Gasteiger partial charge >= 0.3 is 12.1 Å². The molecule has 1 saturated heterocycles. The van der Waals surface area contributed by atoms with Crippen LogP contribution in [0.25, 0.3) is 0 Å². The van der Waals surface area contributed by atoms with Crippen molar-refractivity contribution in [2.75, 3.05) is 23.7 Å². The van der Waals surface area contributed by atoms with Gasteiger partial charge in [-0.05, 0) is 64.2 Å². The van der Waals surface area contributed by atoms with E-state index in [1.165, 1.54) is 19.3 Å². The molecule has 0 spiro atoms. The molecular formula is C36H57N3O4. The molecule has 1 aliphatic carbocycles. The topological polar surface area (TPSA) is 79.9 Å². The molecular weight excluding hydrogens is 538 g/mol. The van der Waals surface area contributed by atoms with E-state index in [1.54, 1.807) is 0 Å². The van der Waals surface area contributed by atoms with Gasteiger partial charge in [-0.1, -0.05) is 102 Å². The minimum absolute atomic E-state index is 0.0634. The molecule has 1 aliphatic heterocycles. The number of esters is 1. The molecule has 7 heteroatoms. The van der Waals surface area contributed by atoms with Crippen LogP contribution >= 0.6 is 0 Å². The Morgan fingerprint density at radius 2 is 1.35 bits per heavy atom. The minimum Gasteiger partial charge on any atom is -0.459 e. The maximum Gasteiger partial charge on any atom is 0.412 e. The number of rotatable bonds is 7. The molecule has 0 bridgehead atoms. The van der Waals surface area contributed by atoms with Gasteiger partial charge in [-0.2, -0.15) is 0 Å². The summed E-state index contributed by atoms with van der Waals surface area (Å²) in [7, 11) is 0. The highest BCUT2D eigenvalue weighted by atomic mass is 16.6. The molecule has 1 saturated carbocycles. The number of benzene rings is 2. The Balaban J connectivity index is 0.00000155. The van der Waals surface area contributed by atoms with Gasteiger partial charge in [0, 0.05) is 19.1 Å². The van der Waals surface area contributed by atoms with E-state index in [0.717, 1.165) is 62.9 Å². The van der Waals surface area contributed by atoms with E-state index in [4.69, 9.17) is 9.47 Å². The van der Waals surface area contributed by atoms with E-state index >= 15 is 0 Å². The first-order valence-electron chi connectivity index (χ1n) is 16.6. The zero-order chi connectivity index (χ0) is 31.7. The molecule has 4 rings (SSSR count). The van der Waals surface area contributed by atoms with Crippen LogP contribution in [-0.4, -0.2) is 47.2 Å². The van der Waals surface area contributed by atoms with E-state index in [0.29, 0.717) is 12.3 Å². The highest BCUT2D eigenvalue weighted by molar-refractivity contribution is 5.89. The number of hydrogen-bond acceptors (Lipinski definition) is 6. The van der Waals surface area contributed by atoms with Gasteiger partial charge in [-0.15, -0.1) is 0 Å². The van der Waals surface area contributed by atoms with Crippen LogP contribution < -0.4 is 10.6 Å². The number of anilines is 2. The molecule has 2 aliphatic rings. The number of likely N-dealkylation sites (tertiary alicyclic amines) is 1. The lowest BCUT2D eigenvalue weighted by Crippen LogP contribution is -2.58. The lowest BCUT2D eigenvalue weighted by Gasteiger charge is -2.46. The van der Waals surface area contributed by atoms with Crippen molar-refractivity contribution in [3.05, 3.63) is 60.2 Å². The summed E-state index contributed by atoms with van der Waals surface area (Å²) < 4.78 is 11.4. The summed E-state index contributed by atoms with van der Waals surface area (Å²) in [6.07, 6.45) is 8.79. The van der Waals surface area contributed by atoms with Crippen LogP contribution in [0.5, 0.6) is 0 Å². The van der Waals surface area contributed by atoms with E-state index in [-0.39, 0.29) is 12.0 Å². The van der Waals surface area contributed by atoms with Crippen molar-refractivity contribution in [3.63, 3.8) is 0 Å². The average Bonchev–Trinajstić information content (AvgIpc) is 2.99.